The molecule has 0 spiro atoms. The summed E-state index contributed by atoms with van der Waals surface area (Å²) in [6, 6.07) is 10.1. The fourth-order valence-corrected chi connectivity index (χ4v) is 4.20. The van der Waals surface area contributed by atoms with Gasteiger partial charge in [-0.1, -0.05) is 30.3 Å². The van der Waals surface area contributed by atoms with Crippen molar-refractivity contribution in [3.63, 3.8) is 0 Å². The molecule has 154 valence electrons. The van der Waals surface area contributed by atoms with Crippen LogP contribution in [0.3, 0.4) is 0 Å². The summed E-state index contributed by atoms with van der Waals surface area (Å²) in [5.41, 5.74) is 1.00. The number of piperidine rings is 1. The number of benzene rings is 1. The fourth-order valence-electron chi connectivity index (χ4n) is 4.20. The number of likely N-dealkylation sites (tertiary alicyclic amines) is 1. The van der Waals surface area contributed by atoms with Crippen LogP contribution in [-0.2, 0) is 11.3 Å². The molecular formula is C22H28N4O3. The van der Waals surface area contributed by atoms with E-state index < -0.39 is 0 Å². The summed E-state index contributed by atoms with van der Waals surface area (Å²) in [4.78, 5) is 25.6. The maximum absolute atomic E-state index is 12.5. The lowest BCUT2D eigenvalue weighted by atomic mass is 9.93. The van der Waals surface area contributed by atoms with Gasteiger partial charge in [-0.25, -0.2) is 14.8 Å². The third-order valence-corrected chi connectivity index (χ3v) is 5.54. The number of hydrogen-bond acceptors (Lipinski definition) is 6. The number of aromatic nitrogens is 2. The van der Waals surface area contributed by atoms with E-state index in [2.05, 4.69) is 14.9 Å². The molecule has 2 saturated heterocycles. The van der Waals surface area contributed by atoms with Gasteiger partial charge < -0.3 is 19.3 Å². The van der Waals surface area contributed by atoms with Crippen LogP contribution < -0.4 is 9.64 Å². The van der Waals surface area contributed by atoms with Crippen molar-refractivity contribution in [2.24, 2.45) is 5.92 Å². The molecular weight excluding hydrogens is 368 g/mol. The van der Waals surface area contributed by atoms with Crippen LogP contribution >= 0.6 is 0 Å². The Hall–Kier alpha value is -2.83. The second-order valence-electron chi connectivity index (χ2n) is 7.97. The van der Waals surface area contributed by atoms with Crippen molar-refractivity contribution in [1.29, 1.82) is 0 Å². The van der Waals surface area contributed by atoms with Crippen molar-refractivity contribution >= 4 is 12.0 Å². The van der Waals surface area contributed by atoms with E-state index in [9.17, 15) is 4.79 Å². The highest BCUT2D eigenvalue weighted by atomic mass is 16.6. The van der Waals surface area contributed by atoms with Crippen LogP contribution in [0, 0.1) is 5.92 Å². The summed E-state index contributed by atoms with van der Waals surface area (Å²) < 4.78 is 11.1. The monoisotopic (exact) mass is 396 g/mol. The maximum Gasteiger partial charge on any atom is 0.410 e. The van der Waals surface area contributed by atoms with E-state index in [4.69, 9.17) is 9.47 Å². The minimum absolute atomic E-state index is 0.103. The van der Waals surface area contributed by atoms with Gasteiger partial charge in [0.2, 0.25) is 5.95 Å². The highest BCUT2D eigenvalue weighted by molar-refractivity contribution is 5.68. The molecule has 3 heterocycles. The van der Waals surface area contributed by atoms with Gasteiger partial charge in [0.25, 0.3) is 0 Å². The molecule has 1 aromatic heterocycles. The van der Waals surface area contributed by atoms with Crippen LogP contribution in [0.1, 0.15) is 32.3 Å². The fraction of sp³-hybridized carbons (Fsp3) is 0.500. The van der Waals surface area contributed by atoms with Crippen LogP contribution in [0.2, 0.25) is 0 Å². The largest absolute Gasteiger partial charge is 0.488 e. The minimum atomic E-state index is -0.225. The van der Waals surface area contributed by atoms with Gasteiger partial charge in [-0.15, -0.1) is 0 Å². The van der Waals surface area contributed by atoms with Gasteiger partial charge in [0.05, 0.1) is 18.5 Å². The van der Waals surface area contributed by atoms with E-state index in [0.717, 1.165) is 37.4 Å². The van der Waals surface area contributed by atoms with Crippen molar-refractivity contribution in [2.75, 3.05) is 24.5 Å². The highest BCUT2D eigenvalue weighted by Crippen LogP contribution is 2.34. The Kier molecular flexibility index (Phi) is 5.83. The maximum atomic E-state index is 12.5. The number of carbonyl (C=O) groups excluding carboxylic acids is 1. The first-order chi connectivity index (χ1) is 14.1. The first kappa shape index (κ1) is 19.5. The summed E-state index contributed by atoms with van der Waals surface area (Å²) in [6.07, 6.45) is 5.29. The van der Waals surface area contributed by atoms with E-state index in [-0.39, 0.29) is 12.2 Å². The van der Waals surface area contributed by atoms with E-state index >= 15 is 0 Å². The molecule has 0 N–H and O–H groups in total. The van der Waals surface area contributed by atoms with Crippen LogP contribution in [0.5, 0.6) is 5.75 Å². The lowest BCUT2D eigenvalue weighted by Crippen LogP contribution is -2.48. The Morgan fingerprint density at radius 2 is 1.90 bits per heavy atom. The Morgan fingerprint density at radius 1 is 1.14 bits per heavy atom. The Labute approximate surface area is 171 Å². The number of ether oxygens (including phenoxy) is 2. The van der Waals surface area contributed by atoms with Crippen LogP contribution in [0.25, 0.3) is 0 Å². The number of amides is 1. The van der Waals surface area contributed by atoms with Gasteiger partial charge >= 0.3 is 6.09 Å². The second-order valence-corrected chi connectivity index (χ2v) is 7.97. The molecule has 2 aliphatic heterocycles. The second kappa shape index (κ2) is 8.68. The van der Waals surface area contributed by atoms with Gasteiger partial charge in [0.1, 0.15) is 6.61 Å². The molecule has 0 bridgehead atoms. The average Bonchev–Trinajstić information content (AvgIpc) is 3.16. The predicted octanol–water partition coefficient (Wildman–Crippen LogP) is 3.50. The van der Waals surface area contributed by atoms with Crippen molar-refractivity contribution in [3.05, 3.63) is 48.3 Å². The highest BCUT2D eigenvalue weighted by Gasteiger charge is 2.40. The zero-order valence-electron chi connectivity index (χ0n) is 17.0. The molecule has 0 aliphatic carbocycles. The van der Waals surface area contributed by atoms with Crippen molar-refractivity contribution in [3.8, 4) is 5.75 Å². The number of anilines is 1. The number of rotatable bonds is 5. The van der Waals surface area contributed by atoms with Crippen LogP contribution in [-0.4, -0.2) is 52.7 Å². The minimum Gasteiger partial charge on any atom is -0.488 e. The molecule has 0 saturated carbocycles. The van der Waals surface area contributed by atoms with E-state index in [1.807, 2.05) is 49.1 Å². The van der Waals surface area contributed by atoms with E-state index in [1.165, 1.54) is 0 Å². The molecule has 1 aromatic carbocycles. The van der Waals surface area contributed by atoms with E-state index in [1.54, 1.807) is 12.4 Å². The number of fused-ring (bicyclic) bond motifs is 1. The summed E-state index contributed by atoms with van der Waals surface area (Å²) in [5, 5.41) is 0. The summed E-state index contributed by atoms with van der Waals surface area (Å²) in [7, 11) is 0. The Bertz CT molecular complexity index is 813. The molecule has 2 aliphatic rings. The average molecular weight is 396 g/mol. The molecule has 2 aromatic rings. The van der Waals surface area contributed by atoms with Gasteiger partial charge in [0, 0.05) is 25.7 Å². The number of nitrogens with zero attached hydrogens (tertiary/aromatic N) is 4. The SMILES string of the molecule is CC(C)Oc1cnc(N2CC[C@@H]3CN(C(=O)OCc4ccccc4)CC[C@@H]32)nc1. The molecule has 0 unspecified atom stereocenters. The number of carbonyl (C=O) groups is 1. The quantitative estimate of drug-likeness (QED) is 0.771. The zero-order chi connectivity index (χ0) is 20.2. The van der Waals surface area contributed by atoms with Gasteiger partial charge in [0.15, 0.2) is 5.75 Å². The lowest BCUT2D eigenvalue weighted by Gasteiger charge is -2.37. The topological polar surface area (TPSA) is 67.8 Å². The molecule has 0 radical (unpaired) electrons. The third-order valence-electron chi connectivity index (χ3n) is 5.54. The van der Waals surface area contributed by atoms with Gasteiger partial charge in [-0.3, -0.25) is 0 Å². The zero-order valence-corrected chi connectivity index (χ0v) is 17.0. The van der Waals surface area contributed by atoms with E-state index in [0.29, 0.717) is 30.9 Å². The molecule has 2 atom stereocenters. The van der Waals surface area contributed by atoms with Crippen molar-refractivity contribution < 1.29 is 14.3 Å². The molecule has 7 heteroatoms. The van der Waals surface area contributed by atoms with Gasteiger partial charge in [-0.2, -0.15) is 0 Å². The first-order valence-electron chi connectivity index (χ1n) is 10.3. The van der Waals surface area contributed by atoms with Crippen molar-refractivity contribution in [1.82, 2.24) is 14.9 Å². The van der Waals surface area contributed by atoms with Gasteiger partial charge in [-0.05, 0) is 38.2 Å². The molecule has 1 amide bonds. The smallest absolute Gasteiger partial charge is 0.410 e. The Balaban J connectivity index is 1.32. The Morgan fingerprint density at radius 3 is 2.62 bits per heavy atom. The number of hydrogen-bond donors (Lipinski definition) is 0. The van der Waals surface area contributed by atoms with Crippen molar-refractivity contribution in [2.45, 2.75) is 45.4 Å². The standard InChI is InChI=1S/C22H28N4O3/c1-16(2)29-19-12-23-21(24-13-19)26-11-8-18-14-25(10-9-20(18)26)22(27)28-15-17-6-4-3-5-7-17/h3-7,12-13,16,18,20H,8-11,14-15H2,1-2H3/t18-,20+/m1/s1. The lowest BCUT2D eigenvalue weighted by molar-refractivity contribution is 0.0780. The summed E-state index contributed by atoms with van der Waals surface area (Å²) in [5.74, 6) is 1.85. The summed E-state index contributed by atoms with van der Waals surface area (Å²) >= 11 is 0. The van der Waals surface area contributed by atoms with Crippen LogP contribution in [0.15, 0.2) is 42.7 Å². The predicted molar refractivity (Wildman–Crippen MR) is 110 cm³/mol. The molecule has 4 rings (SSSR count). The van der Waals surface area contributed by atoms with Crippen LogP contribution in [0.4, 0.5) is 10.7 Å². The summed E-state index contributed by atoms with van der Waals surface area (Å²) in [6.45, 7) is 6.61. The third kappa shape index (κ3) is 4.60. The normalized spacial score (nSPS) is 21.2. The first-order valence-corrected chi connectivity index (χ1v) is 10.3. The molecule has 2 fully saturated rings. The molecule has 29 heavy (non-hydrogen) atoms. The molecule has 7 nitrogen and oxygen atoms in total.